The summed E-state index contributed by atoms with van der Waals surface area (Å²) in [5.74, 6) is 0.926. The normalized spacial score (nSPS) is 15.6. The number of carbonyl (C=O) groups is 1. The van der Waals surface area contributed by atoms with E-state index in [-0.39, 0.29) is 12.1 Å². The number of carbonyl (C=O) groups excluding carboxylic acids is 1. The Balaban J connectivity index is 1.46. The lowest BCUT2D eigenvalue weighted by Crippen LogP contribution is -2.42. The minimum absolute atomic E-state index is 0.0127. The zero-order valence-electron chi connectivity index (χ0n) is 14.4. The van der Waals surface area contributed by atoms with E-state index in [4.69, 9.17) is 4.74 Å². The molecular formula is C17H24N6O2. The first-order valence-electron chi connectivity index (χ1n) is 8.50. The molecule has 1 saturated heterocycles. The first kappa shape index (κ1) is 17.2. The van der Waals surface area contributed by atoms with Crippen molar-refractivity contribution in [1.82, 2.24) is 25.4 Å². The predicted octanol–water partition coefficient (Wildman–Crippen LogP) is 1.00. The molecule has 3 rings (SSSR count). The average molecular weight is 344 g/mol. The second kappa shape index (κ2) is 8.48. The van der Waals surface area contributed by atoms with E-state index in [0.717, 1.165) is 37.7 Å². The molecule has 0 spiro atoms. The Hall–Kier alpha value is -2.61. The van der Waals surface area contributed by atoms with Gasteiger partial charge in [0, 0.05) is 44.3 Å². The molecule has 1 aliphatic rings. The first-order valence-corrected chi connectivity index (χ1v) is 8.50. The zero-order chi connectivity index (χ0) is 17.5. The van der Waals surface area contributed by atoms with Crippen LogP contribution in [0, 0.1) is 0 Å². The van der Waals surface area contributed by atoms with Gasteiger partial charge in [0.15, 0.2) is 0 Å². The van der Waals surface area contributed by atoms with Crippen LogP contribution in [0.1, 0.15) is 12.5 Å². The number of nitrogens with one attached hydrogen (secondary N) is 2. The molecule has 1 fully saturated rings. The number of hydrogen-bond acceptors (Lipinski definition) is 5. The van der Waals surface area contributed by atoms with Gasteiger partial charge < -0.3 is 20.3 Å². The number of amides is 2. The van der Waals surface area contributed by atoms with E-state index in [0.29, 0.717) is 13.1 Å². The van der Waals surface area contributed by atoms with Crippen LogP contribution in [0.5, 0.6) is 0 Å². The summed E-state index contributed by atoms with van der Waals surface area (Å²) in [4.78, 5) is 18.7. The van der Waals surface area contributed by atoms with Gasteiger partial charge in [0.1, 0.15) is 5.82 Å². The van der Waals surface area contributed by atoms with Crippen LogP contribution in [0.3, 0.4) is 0 Å². The fourth-order valence-corrected chi connectivity index (χ4v) is 2.73. The van der Waals surface area contributed by atoms with Gasteiger partial charge in [-0.15, -0.1) is 0 Å². The third kappa shape index (κ3) is 5.18. The number of aromatic nitrogens is 3. The number of hydrogen-bond donors (Lipinski definition) is 2. The Morgan fingerprint density at radius 1 is 1.36 bits per heavy atom. The summed E-state index contributed by atoms with van der Waals surface area (Å²) in [6, 6.07) is 5.59. The maximum atomic E-state index is 12.0. The molecule has 8 nitrogen and oxygen atoms in total. The van der Waals surface area contributed by atoms with E-state index >= 15 is 0 Å². The molecule has 2 aromatic heterocycles. The third-order valence-electron chi connectivity index (χ3n) is 4.00. The number of nitrogens with zero attached hydrogens (tertiary/aromatic N) is 4. The molecule has 134 valence electrons. The minimum atomic E-state index is -0.190. The van der Waals surface area contributed by atoms with E-state index in [1.54, 1.807) is 17.1 Å². The predicted molar refractivity (Wildman–Crippen MR) is 94.3 cm³/mol. The molecule has 3 heterocycles. The van der Waals surface area contributed by atoms with Gasteiger partial charge in [-0.2, -0.15) is 5.10 Å². The Morgan fingerprint density at radius 2 is 2.20 bits per heavy atom. The molecule has 1 aliphatic heterocycles. The van der Waals surface area contributed by atoms with Gasteiger partial charge in [-0.05, 0) is 30.7 Å². The van der Waals surface area contributed by atoms with Crippen molar-refractivity contribution in [3.8, 4) is 0 Å². The van der Waals surface area contributed by atoms with Gasteiger partial charge in [-0.1, -0.05) is 0 Å². The Morgan fingerprint density at radius 3 is 2.96 bits per heavy atom. The van der Waals surface area contributed by atoms with E-state index in [1.807, 2.05) is 31.3 Å². The molecule has 0 aliphatic carbocycles. The largest absolute Gasteiger partial charge is 0.378 e. The second-order valence-electron chi connectivity index (χ2n) is 6.08. The molecule has 0 radical (unpaired) electrons. The number of rotatable bonds is 6. The van der Waals surface area contributed by atoms with E-state index in [1.165, 1.54) is 0 Å². The quantitative estimate of drug-likeness (QED) is 0.817. The Kier molecular flexibility index (Phi) is 5.84. The highest BCUT2D eigenvalue weighted by atomic mass is 16.5. The van der Waals surface area contributed by atoms with Crippen molar-refractivity contribution in [2.75, 3.05) is 31.2 Å². The number of morpholine rings is 1. The molecule has 0 saturated carbocycles. The van der Waals surface area contributed by atoms with Crippen molar-refractivity contribution in [2.24, 2.45) is 0 Å². The van der Waals surface area contributed by atoms with Crippen LogP contribution in [-0.4, -0.2) is 53.1 Å². The minimum Gasteiger partial charge on any atom is -0.378 e. The van der Waals surface area contributed by atoms with Crippen molar-refractivity contribution in [3.05, 3.63) is 42.4 Å². The van der Waals surface area contributed by atoms with Gasteiger partial charge in [0.05, 0.1) is 19.8 Å². The second-order valence-corrected chi connectivity index (χ2v) is 6.08. The molecule has 1 atom stereocenters. The number of pyridine rings is 1. The maximum Gasteiger partial charge on any atom is 0.315 e. The highest BCUT2D eigenvalue weighted by Gasteiger charge is 2.13. The maximum absolute atomic E-state index is 12.0. The highest BCUT2D eigenvalue weighted by molar-refractivity contribution is 5.74. The van der Waals surface area contributed by atoms with Crippen LogP contribution in [0.2, 0.25) is 0 Å². The molecule has 2 amide bonds. The zero-order valence-corrected chi connectivity index (χ0v) is 14.4. The molecule has 8 heteroatoms. The highest BCUT2D eigenvalue weighted by Crippen LogP contribution is 2.14. The molecule has 0 unspecified atom stereocenters. The summed E-state index contributed by atoms with van der Waals surface area (Å²) in [6.07, 6.45) is 5.38. The lowest BCUT2D eigenvalue weighted by atomic mass is 10.2. The SMILES string of the molecule is C[C@H](Cn1cccn1)NC(=O)NCc1ccnc(N2CCOCC2)c1. The third-order valence-corrected chi connectivity index (χ3v) is 4.00. The van der Waals surface area contributed by atoms with E-state index < -0.39 is 0 Å². The van der Waals surface area contributed by atoms with Gasteiger partial charge in [0.2, 0.25) is 0 Å². The molecule has 2 aromatic rings. The topological polar surface area (TPSA) is 84.3 Å². The first-order chi connectivity index (χ1) is 12.2. The van der Waals surface area contributed by atoms with E-state index in [9.17, 15) is 4.79 Å². The van der Waals surface area contributed by atoms with Crippen molar-refractivity contribution < 1.29 is 9.53 Å². The summed E-state index contributed by atoms with van der Waals surface area (Å²) < 4.78 is 7.16. The summed E-state index contributed by atoms with van der Waals surface area (Å²) >= 11 is 0. The summed E-state index contributed by atoms with van der Waals surface area (Å²) in [7, 11) is 0. The number of urea groups is 1. The molecule has 0 aromatic carbocycles. The van der Waals surface area contributed by atoms with Crippen LogP contribution in [0.15, 0.2) is 36.8 Å². The fourth-order valence-electron chi connectivity index (χ4n) is 2.73. The molecular weight excluding hydrogens is 320 g/mol. The van der Waals surface area contributed by atoms with Gasteiger partial charge in [-0.3, -0.25) is 4.68 Å². The average Bonchev–Trinajstić information content (AvgIpc) is 3.14. The van der Waals surface area contributed by atoms with Crippen molar-refractivity contribution >= 4 is 11.8 Å². The lowest BCUT2D eigenvalue weighted by molar-refractivity contribution is 0.122. The van der Waals surface area contributed by atoms with Gasteiger partial charge in [0.25, 0.3) is 0 Å². The van der Waals surface area contributed by atoms with Crippen LogP contribution < -0.4 is 15.5 Å². The summed E-state index contributed by atoms with van der Waals surface area (Å²) in [5, 5.41) is 9.94. The fraction of sp³-hybridized carbons (Fsp3) is 0.471. The molecule has 0 bridgehead atoms. The molecule has 2 N–H and O–H groups in total. The van der Waals surface area contributed by atoms with Crippen LogP contribution in [-0.2, 0) is 17.8 Å². The van der Waals surface area contributed by atoms with Crippen LogP contribution in [0.25, 0.3) is 0 Å². The van der Waals surface area contributed by atoms with Crippen molar-refractivity contribution in [1.29, 1.82) is 0 Å². The number of ether oxygens (including phenoxy) is 1. The van der Waals surface area contributed by atoms with Crippen molar-refractivity contribution in [3.63, 3.8) is 0 Å². The molecule has 25 heavy (non-hydrogen) atoms. The van der Waals surface area contributed by atoms with Gasteiger partial charge >= 0.3 is 6.03 Å². The number of anilines is 1. The van der Waals surface area contributed by atoms with Crippen LogP contribution in [0.4, 0.5) is 10.6 Å². The van der Waals surface area contributed by atoms with E-state index in [2.05, 4.69) is 25.6 Å². The van der Waals surface area contributed by atoms with Gasteiger partial charge in [-0.25, -0.2) is 9.78 Å². The van der Waals surface area contributed by atoms with Crippen LogP contribution >= 0.6 is 0 Å². The summed E-state index contributed by atoms with van der Waals surface area (Å²) in [6.45, 7) is 6.17. The standard InChI is InChI=1S/C17H24N6O2/c1-14(13-23-6-2-4-20-23)21-17(24)19-12-15-3-5-18-16(11-15)22-7-9-25-10-8-22/h2-6,11,14H,7-10,12-13H2,1H3,(H2,19,21,24)/t14-/m1/s1. The smallest absolute Gasteiger partial charge is 0.315 e. The Labute approximate surface area is 147 Å². The Bertz CT molecular complexity index is 670. The summed E-state index contributed by atoms with van der Waals surface area (Å²) in [5.41, 5.74) is 1.02. The monoisotopic (exact) mass is 344 g/mol. The van der Waals surface area contributed by atoms with Crippen molar-refractivity contribution in [2.45, 2.75) is 26.1 Å². The lowest BCUT2D eigenvalue weighted by Gasteiger charge is -2.28.